The normalized spacial score (nSPS) is 11.9. The number of halogens is 1. The molecule has 0 atom stereocenters. The molecule has 0 N–H and O–H groups in total. The number of aromatic nitrogens is 3. The summed E-state index contributed by atoms with van der Waals surface area (Å²) in [5, 5.41) is 4.25. The molecule has 2 aromatic carbocycles. The van der Waals surface area contributed by atoms with Gasteiger partial charge < -0.3 is 4.74 Å². The number of ether oxygens (including phenoxy) is 1. The van der Waals surface area contributed by atoms with E-state index in [4.69, 9.17) is 4.74 Å². The molecule has 0 aliphatic carbocycles. The van der Waals surface area contributed by atoms with E-state index >= 15 is 0 Å². The molecule has 2 heterocycles. The minimum atomic E-state index is -0.462. The Bertz CT molecular complexity index is 1350. The lowest BCUT2D eigenvalue weighted by Crippen LogP contribution is -2.28. The Labute approximate surface area is 174 Å². The first kappa shape index (κ1) is 19.9. The van der Waals surface area contributed by atoms with Gasteiger partial charge >= 0.3 is 0 Å². The van der Waals surface area contributed by atoms with E-state index in [1.54, 1.807) is 18.2 Å². The molecular formula is C22H18FN3O3S. The lowest BCUT2D eigenvalue weighted by atomic mass is 10.1. The van der Waals surface area contributed by atoms with Crippen LogP contribution in [0, 0.1) is 5.82 Å². The molecule has 2 aromatic heterocycles. The van der Waals surface area contributed by atoms with Crippen LogP contribution in [0.2, 0.25) is 0 Å². The van der Waals surface area contributed by atoms with Gasteiger partial charge in [0.15, 0.2) is 0 Å². The van der Waals surface area contributed by atoms with E-state index in [0.29, 0.717) is 16.7 Å². The Kier molecular flexibility index (Phi) is 5.67. The smallest absolute Gasteiger partial charge is 0.296 e. The van der Waals surface area contributed by atoms with E-state index in [9.17, 15) is 14.0 Å². The summed E-state index contributed by atoms with van der Waals surface area (Å²) in [5.74, 6) is 0.411. The fraction of sp³-hybridized carbons (Fsp3) is 0.182. The minimum absolute atomic E-state index is 0.193. The number of rotatable bonds is 6. The van der Waals surface area contributed by atoms with Crippen LogP contribution in [0.25, 0.3) is 11.0 Å². The Balaban J connectivity index is 1.66. The summed E-state index contributed by atoms with van der Waals surface area (Å²) in [7, 11) is 0. The lowest BCUT2D eigenvalue weighted by Gasteiger charge is -2.05. The van der Waals surface area contributed by atoms with E-state index in [1.807, 2.05) is 31.2 Å². The molecule has 4 aromatic rings. The molecule has 6 nitrogen and oxygen atoms in total. The van der Waals surface area contributed by atoms with Crippen molar-refractivity contribution in [2.24, 2.45) is 0 Å². The topological polar surface area (TPSA) is 73.6 Å². The average Bonchev–Trinajstić information content (AvgIpc) is 3.04. The maximum absolute atomic E-state index is 13.1. The first-order valence-electron chi connectivity index (χ1n) is 9.45. The number of hydrogen-bond acceptors (Lipinski definition) is 6. The molecule has 0 fully saturated rings. The molecule has 0 unspecified atom stereocenters. The molecule has 8 heteroatoms. The number of hydrogen-bond donors (Lipinski definition) is 0. The Morgan fingerprint density at radius 1 is 1.10 bits per heavy atom. The average molecular weight is 423 g/mol. The summed E-state index contributed by atoms with van der Waals surface area (Å²) in [6.45, 7) is 2.68. The molecule has 0 radical (unpaired) electrons. The van der Waals surface area contributed by atoms with Crippen molar-refractivity contribution in [3.63, 3.8) is 0 Å². The molecule has 152 valence electrons. The van der Waals surface area contributed by atoms with Gasteiger partial charge in [-0.05, 0) is 47.9 Å². The summed E-state index contributed by atoms with van der Waals surface area (Å²) in [5.41, 5.74) is 0.907. The maximum Gasteiger partial charge on any atom is 0.296 e. The fourth-order valence-electron chi connectivity index (χ4n) is 2.88. The van der Waals surface area contributed by atoms with Crippen molar-refractivity contribution in [1.29, 1.82) is 0 Å². The zero-order valence-corrected chi connectivity index (χ0v) is 17.0. The highest BCUT2D eigenvalue weighted by Gasteiger charge is 2.12. The molecular weight excluding hydrogens is 405 g/mol. The van der Waals surface area contributed by atoms with Crippen LogP contribution in [0.4, 0.5) is 4.39 Å². The fourth-order valence-corrected chi connectivity index (χ4v) is 3.78. The second-order valence-corrected chi connectivity index (χ2v) is 7.70. The van der Waals surface area contributed by atoms with Gasteiger partial charge in [0.05, 0.1) is 11.1 Å². The van der Waals surface area contributed by atoms with Crippen LogP contribution in [-0.4, -0.2) is 21.2 Å². The standard InChI is InChI=1S/C22H18FN3O3S/c1-2-11-29-17-9-5-14(6-10-17)12-18-20(27)24-22-26(25-18)21(28)19(30-22)13-15-3-7-16(23)8-4-15/h3-10,13H,2,11-12H2,1H3/b19-13-. The van der Waals surface area contributed by atoms with Crippen LogP contribution in [0.5, 0.6) is 5.75 Å². The van der Waals surface area contributed by atoms with E-state index in [1.165, 1.54) is 12.1 Å². The molecule has 0 saturated heterocycles. The van der Waals surface area contributed by atoms with Gasteiger partial charge in [-0.1, -0.05) is 42.5 Å². The van der Waals surface area contributed by atoms with Crippen LogP contribution >= 0.6 is 11.3 Å². The van der Waals surface area contributed by atoms with Crippen LogP contribution < -0.4 is 20.4 Å². The van der Waals surface area contributed by atoms with E-state index in [0.717, 1.165) is 33.6 Å². The van der Waals surface area contributed by atoms with Crippen molar-refractivity contribution in [2.75, 3.05) is 6.61 Å². The van der Waals surface area contributed by atoms with Gasteiger partial charge in [-0.25, -0.2) is 4.39 Å². The van der Waals surface area contributed by atoms with E-state index < -0.39 is 5.56 Å². The molecule has 0 spiro atoms. The van der Waals surface area contributed by atoms with Gasteiger partial charge in [-0.3, -0.25) is 9.59 Å². The molecule has 0 bridgehead atoms. The SMILES string of the molecule is CCCOc1ccc(Cc2nn3c(=O)/c(=C/c4ccc(F)cc4)sc3nc2=O)cc1. The molecule has 4 rings (SSSR count). The molecule has 0 aliphatic heterocycles. The minimum Gasteiger partial charge on any atom is -0.494 e. The highest BCUT2D eigenvalue weighted by molar-refractivity contribution is 7.15. The van der Waals surface area contributed by atoms with Gasteiger partial charge in [-0.15, -0.1) is 0 Å². The van der Waals surface area contributed by atoms with E-state index in [-0.39, 0.29) is 28.5 Å². The summed E-state index contributed by atoms with van der Waals surface area (Å²) < 4.78 is 20.2. The number of thiazole rings is 1. The molecule has 0 amide bonds. The molecule has 0 saturated carbocycles. The Morgan fingerprint density at radius 3 is 2.53 bits per heavy atom. The predicted octanol–water partition coefficient (Wildman–Crippen LogP) is 2.58. The summed E-state index contributed by atoms with van der Waals surface area (Å²) >= 11 is 1.07. The van der Waals surface area contributed by atoms with Crippen LogP contribution in [0.1, 0.15) is 30.2 Å². The third-order valence-corrected chi connectivity index (χ3v) is 5.35. The predicted molar refractivity (Wildman–Crippen MR) is 114 cm³/mol. The third-order valence-electron chi connectivity index (χ3n) is 4.39. The van der Waals surface area contributed by atoms with Gasteiger partial charge in [0, 0.05) is 6.42 Å². The molecule has 0 aliphatic rings. The summed E-state index contributed by atoms with van der Waals surface area (Å²) in [4.78, 5) is 29.4. The monoisotopic (exact) mass is 423 g/mol. The van der Waals surface area contributed by atoms with Gasteiger partial charge in [-0.2, -0.15) is 14.6 Å². The van der Waals surface area contributed by atoms with E-state index in [2.05, 4.69) is 10.1 Å². The van der Waals surface area contributed by atoms with Crippen molar-refractivity contribution in [3.8, 4) is 5.75 Å². The van der Waals surface area contributed by atoms with Crippen LogP contribution in [-0.2, 0) is 6.42 Å². The summed E-state index contributed by atoms with van der Waals surface area (Å²) in [6, 6.07) is 13.2. The quantitative estimate of drug-likeness (QED) is 0.477. The van der Waals surface area contributed by atoms with Crippen molar-refractivity contribution < 1.29 is 9.13 Å². The number of benzene rings is 2. The van der Waals surface area contributed by atoms with Crippen molar-refractivity contribution in [1.82, 2.24) is 14.6 Å². The van der Waals surface area contributed by atoms with Gasteiger partial charge in [0.1, 0.15) is 17.3 Å². The zero-order chi connectivity index (χ0) is 21.1. The largest absolute Gasteiger partial charge is 0.494 e. The van der Waals surface area contributed by atoms with Crippen molar-refractivity contribution in [2.45, 2.75) is 19.8 Å². The zero-order valence-electron chi connectivity index (χ0n) is 16.2. The van der Waals surface area contributed by atoms with Crippen LogP contribution in [0.15, 0.2) is 58.1 Å². The second kappa shape index (κ2) is 8.54. The Hall–Kier alpha value is -3.39. The number of fused-ring (bicyclic) bond motifs is 1. The maximum atomic E-state index is 13.1. The number of nitrogens with zero attached hydrogens (tertiary/aromatic N) is 3. The lowest BCUT2D eigenvalue weighted by molar-refractivity contribution is 0.317. The van der Waals surface area contributed by atoms with Crippen molar-refractivity contribution >= 4 is 22.4 Å². The third kappa shape index (κ3) is 4.28. The first-order valence-corrected chi connectivity index (χ1v) is 10.3. The van der Waals surface area contributed by atoms with Crippen molar-refractivity contribution in [3.05, 3.63) is 96.4 Å². The highest BCUT2D eigenvalue weighted by atomic mass is 32.1. The first-order chi connectivity index (χ1) is 14.5. The van der Waals surface area contributed by atoms with Gasteiger partial charge in [0.2, 0.25) is 4.96 Å². The second-order valence-electron chi connectivity index (χ2n) is 6.69. The Morgan fingerprint density at radius 2 is 1.83 bits per heavy atom. The summed E-state index contributed by atoms with van der Waals surface area (Å²) in [6.07, 6.45) is 2.81. The molecule has 30 heavy (non-hydrogen) atoms. The van der Waals surface area contributed by atoms with Gasteiger partial charge in [0.25, 0.3) is 11.1 Å². The van der Waals surface area contributed by atoms with Crippen LogP contribution in [0.3, 0.4) is 0 Å². The highest BCUT2D eigenvalue weighted by Crippen LogP contribution is 2.14.